The summed E-state index contributed by atoms with van der Waals surface area (Å²) in [5, 5.41) is 11.3. The molecule has 2 rings (SSSR count). The summed E-state index contributed by atoms with van der Waals surface area (Å²) >= 11 is 0. The molecule has 0 saturated carbocycles. The van der Waals surface area contributed by atoms with Gasteiger partial charge in [-0.15, -0.1) is 10.2 Å². The topological polar surface area (TPSA) is 60.2 Å². The molecule has 0 spiro atoms. The summed E-state index contributed by atoms with van der Waals surface area (Å²) in [5.41, 5.74) is 0. The largest absolute Gasteiger partial charge is 0.421 e. The molecular weight excluding hydrogens is 182 g/mol. The Labute approximate surface area is 82.8 Å². The predicted molar refractivity (Wildman–Crippen MR) is 49.6 cm³/mol. The normalized spacial score (nSPS) is 22.5. The number of rotatable bonds is 3. The van der Waals surface area contributed by atoms with Gasteiger partial charge in [0.05, 0.1) is 6.04 Å². The van der Waals surface area contributed by atoms with Gasteiger partial charge in [-0.1, -0.05) is 6.42 Å². The van der Waals surface area contributed by atoms with E-state index in [1.165, 1.54) is 12.8 Å². The van der Waals surface area contributed by atoms with Crippen LogP contribution in [0.3, 0.4) is 0 Å². The second-order valence-corrected chi connectivity index (χ2v) is 3.47. The molecule has 1 aromatic heterocycles. The third-order valence-electron chi connectivity index (χ3n) is 2.36. The molecule has 0 aromatic carbocycles. The van der Waals surface area contributed by atoms with E-state index in [9.17, 15) is 0 Å². The maximum atomic E-state index is 5.45. The number of ether oxygens (including phenoxy) is 1. The summed E-state index contributed by atoms with van der Waals surface area (Å²) in [6, 6.07) is 0.238. The van der Waals surface area contributed by atoms with E-state index in [1.54, 1.807) is 7.11 Å². The second kappa shape index (κ2) is 4.52. The molecular formula is C9H15N3O2. The molecule has 1 unspecified atom stereocenters. The first-order chi connectivity index (χ1) is 6.90. The molecule has 1 fully saturated rings. The van der Waals surface area contributed by atoms with Crippen molar-refractivity contribution in [1.29, 1.82) is 0 Å². The number of hydrogen-bond acceptors (Lipinski definition) is 5. The first-order valence-electron chi connectivity index (χ1n) is 4.95. The fraction of sp³-hybridized carbons (Fsp3) is 0.778. The van der Waals surface area contributed by atoms with Gasteiger partial charge in [0, 0.05) is 7.11 Å². The van der Waals surface area contributed by atoms with E-state index in [4.69, 9.17) is 9.15 Å². The highest BCUT2D eigenvalue weighted by Gasteiger charge is 2.20. The van der Waals surface area contributed by atoms with Crippen molar-refractivity contribution >= 4 is 0 Å². The molecule has 1 atom stereocenters. The number of nitrogens with one attached hydrogen (secondary N) is 1. The van der Waals surface area contributed by atoms with Crippen molar-refractivity contribution < 1.29 is 9.15 Å². The van der Waals surface area contributed by atoms with Crippen LogP contribution >= 0.6 is 0 Å². The van der Waals surface area contributed by atoms with E-state index in [2.05, 4.69) is 15.5 Å². The van der Waals surface area contributed by atoms with Crippen LogP contribution in [0.1, 0.15) is 37.1 Å². The molecule has 1 N–H and O–H groups in total. The van der Waals surface area contributed by atoms with Gasteiger partial charge in [0.2, 0.25) is 11.8 Å². The van der Waals surface area contributed by atoms with Crippen LogP contribution in [0, 0.1) is 0 Å². The number of aromatic nitrogens is 2. The van der Waals surface area contributed by atoms with E-state index in [1.807, 2.05) is 0 Å². The van der Waals surface area contributed by atoms with E-state index in [0.29, 0.717) is 18.4 Å². The Morgan fingerprint density at radius 1 is 1.50 bits per heavy atom. The van der Waals surface area contributed by atoms with Gasteiger partial charge in [0.15, 0.2) is 0 Å². The third kappa shape index (κ3) is 2.10. The molecule has 1 aliphatic rings. The minimum Gasteiger partial charge on any atom is -0.421 e. The standard InChI is InChI=1S/C9H15N3O2/c1-13-6-8-11-12-9(14-8)7-4-2-3-5-10-7/h7,10H,2-6H2,1H3. The van der Waals surface area contributed by atoms with Crippen molar-refractivity contribution in [2.75, 3.05) is 13.7 Å². The van der Waals surface area contributed by atoms with E-state index >= 15 is 0 Å². The molecule has 0 amide bonds. The van der Waals surface area contributed by atoms with Crippen LogP contribution in [0.25, 0.3) is 0 Å². The molecule has 1 aliphatic heterocycles. The Balaban J connectivity index is 2.00. The van der Waals surface area contributed by atoms with Crippen molar-refractivity contribution in [2.45, 2.75) is 31.9 Å². The van der Waals surface area contributed by atoms with Crippen LogP contribution in [-0.2, 0) is 11.3 Å². The molecule has 5 heteroatoms. The fourth-order valence-corrected chi connectivity index (χ4v) is 1.65. The molecule has 1 saturated heterocycles. The lowest BCUT2D eigenvalue weighted by Crippen LogP contribution is -2.26. The summed E-state index contributed by atoms with van der Waals surface area (Å²) in [4.78, 5) is 0. The van der Waals surface area contributed by atoms with Crippen LogP contribution < -0.4 is 5.32 Å². The summed E-state index contributed by atoms with van der Waals surface area (Å²) in [5.74, 6) is 1.24. The quantitative estimate of drug-likeness (QED) is 0.784. The zero-order valence-electron chi connectivity index (χ0n) is 8.32. The summed E-state index contributed by atoms with van der Waals surface area (Å²) in [6.45, 7) is 1.42. The zero-order chi connectivity index (χ0) is 9.80. The predicted octanol–water partition coefficient (Wildman–Crippen LogP) is 1.03. The number of hydrogen-bond donors (Lipinski definition) is 1. The lowest BCUT2D eigenvalue weighted by molar-refractivity contribution is 0.156. The molecule has 1 aromatic rings. The maximum absolute atomic E-state index is 5.45. The van der Waals surface area contributed by atoms with Crippen molar-refractivity contribution in [3.05, 3.63) is 11.8 Å². The van der Waals surface area contributed by atoms with Crippen molar-refractivity contribution in [3.8, 4) is 0 Å². The Morgan fingerprint density at radius 2 is 2.43 bits per heavy atom. The highest BCUT2D eigenvalue weighted by molar-refractivity contribution is 4.91. The van der Waals surface area contributed by atoms with Gasteiger partial charge in [-0.05, 0) is 19.4 Å². The lowest BCUT2D eigenvalue weighted by Gasteiger charge is -2.19. The van der Waals surface area contributed by atoms with Gasteiger partial charge in [0.1, 0.15) is 6.61 Å². The fourth-order valence-electron chi connectivity index (χ4n) is 1.65. The molecule has 0 aliphatic carbocycles. The second-order valence-electron chi connectivity index (χ2n) is 3.47. The maximum Gasteiger partial charge on any atom is 0.242 e. The average molecular weight is 197 g/mol. The summed E-state index contributed by atoms with van der Waals surface area (Å²) in [7, 11) is 1.61. The molecule has 2 heterocycles. The van der Waals surface area contributed by atoms with Crippen molar-refractivity contribution in [2.24, 2.45) is 0 Å². The van der Waals surface area contributed by atoms with E-state index in [0.717, 1.165) is 13.0 Å². The smallest absolute Gasteiger partial charge is 0.242 e. The number of nitrogens with zero attached hydrogens (tertiary/aromatic N) is 2. The first kappa shape index (κ1) is 9.61. The number of methoxy groups -OCH3 is 1. The van der Waals surface area contributed by atoms with Crippen LogP contribution in [-0.4, -0.2) is 23.9 Å². The van der Waals surface area contributed by atoms with E-state index in [-0.39, 0.29) is 6.04 Å². The van der Waals surface area contributed by atoms with Gasteiger partial charge >= 0.3 is 0 Å². The first-order valence-corrected chi connectivity index (χ1v) is 4.95. The molecule has 5 nitrogen and oxygen atoms in total. The van der Waals surface area contributed by atoms with Gasteiger partial charge in [-0.3, -0.25) is 0 Å². The van der Waals surface area contributed by atoms with Gasteiger partial charge < -0.3 is 14.5 Å². The van der Waals surface area contributed by atoms with Crippen LogP contribution in [0.2, 0.25) is 0 Å². The van der Waals surface area contributed by atoms with Crippen molar-refractivity contribution in [3.63, 3.8) is 0 Å². The van der Waals surface area contributed by atoms with Crippen LogP contribution in [0.4, 0.5) is 0 Å². The monoisotopic (exact) mass is 197 g/mol. The van der Waals surface area contributed by atoms with Gasteiger partial charge in [-0.25, -0.2) is 0 Å². The Hall–Kier alpha value is -0.940. The van der Waals surface area contributed by atoms with Crippen LogP contribution in [0.5, 0.6) is 0 Å². The van der Waals surface area contributed by atoms with E-state index < -0.39 is 0 Å². The summed E-state index contributed by atoms with van der Waals surface area (Å²) in [6.07, 6.45) is 3.53. The van der Waals surface area contributed by atoms with Crippen LogP contribution in [0.15, 0.2) is 4.42 Å². The molecule has 0 radical (unpaired) electrons. The highest BCUT2D eigenvalue weighted by atomic mass is 16.5. The summed E-state index contributed by atoms with van der Waals surface area (Å²) < 4.78 is 10.4. The molecule has 0 bridgehead atoms. The third-order valence-corrected chi connectivity index (χ3v) is 2.36. The Morgan fingerprint density at radius 3 is 3.14 bits per heavy atom. The highest BCUT2D eigenvalue weighted by Crippen LogP contribution is 2.21. The van der Waals surface area contributed by atoms with Gasteiger partial charge in [-0.2, -0.15) is 0 Å². The number of piperidine rings is 1. The minimum atomic E-state index is 0.238. The molecule has 14 heavy (non-hydrogen) atoms. The van der Waals surface area contributed by atoms with Gasteiger partial charge in [0.25, 0.3) is 0 Å². The lowest BCUT2D eigenvalue weighted by atomic mass is 10.1. The zero-order valence-corrected chi connectivity index (χ0v) is 8.32. The Bertz CT molecular complexity index is 281. The SMILES string of the molecule is COCc1nnc(C2CCCCN2)o1. The van der Waals surface area contributed by atoms with Crippen molar-refractivity contribution in [1.82, 2.24) is 15.5 Å². The molecule has 78 valence electrons. The average Bonchev–Trinajstić information content (AvgIpc) is 2.68. The Kier molecular flexibility index (Phi) is 3.10. The minimum absolute atomic E-state index is 0.238.